The van der Waals surface area contributed by atoms with Crippen LogP contribution >= 0.6 is 0 Å². The van der Waals surface area contributed by atoms with Gasteiger partial charge in [0.25, 0.3) is 0 Å². The van der Waals surface area contributed by atoms with Crippen molar-refractivity contribution in [2.75, 3.05) is 19.6 Å². The normalized spacial score (nSPS) is 16.5. The lowest BCUT2D eigenvalue weighted by Gasteiger charge is -2.12. The van der Waals surface area contributed by atoms with Crippen LogP contribution in [-0.2, 0) is 4.79 Å². The van der Waals surface area contributed by atoms with E-state index in [1.807, 2.05) is 13.8 Å². The Morgan fingerprint density at radius 3 is 2.23 bits per heavy atom. The van der Waals surface area contributed by atoms with Crippen LogP contribution in [0, 0.1) is 0 Å². The van der Waals surface area contributed by atoms with Crippen LogP contribution in [0.5, 0.6) is 0 Å². The van der Waals surface area contributed by atoms with Crippen LogP contribution in [0.3, 0.4) is 0 Å². The highest BCUT2D eigenvalue weighted by atomic mass is 16.1. The van der Waals surface area contributed by atoms with Gasteiger partial charge in [0.2, 0.25) is 0 Å². The Morgan fingerprint density at radius 1 is 1.23 bits per heavy atom. The summed E-state index contributed by atoms with van der Waals surface area (Å²) in [6.45, 7) is 9.29. The van der Waals surface area contributed by atoms with Gasteiger partial charge in [-0.25, -0.2) is 0 Å². The van der Waals surface area contributed by atoms with Crippen molar-refractivity contribution in [1.82, 2.24) is 4.90 Å². The van der Waals surface area contributed by atoms with Gasteiger partial charge in [-0.3, -0.25) is 0 Å². The molecule has 0 N–H and O–H groups in total. The third-order valence-electron chi connectivity index (χ3n) is 2.20. The van der Waals surface area contributed by atoms with Crippen LogP contribution < -0.4 is 0 Å². The van der Waals surface area contributed by atoms with E-state index >= 15 is 0 Å². The van der Waals surface area contributed by atoms with E-state index < -0.39 is 0 Å². The fourth-order valence-electron chi connectivity index (χ4n) is 1.56. The first-order valence-corrected chi connectivity index (χ1v) is 5.51. The Kier molecular flexibility index (Phi) is 8.00. The summed E-state index contributed by atoms with van der Waals surface area (Å²) < 4.78 is 0. The van der Waals surface area contributed by atoms with Crippen LogP contribution in [0.4, 0.5) is 0 Å². The van der Waals surface area contributed by atoms with Crippen LogP contribution in [0.15, 0.2) is 0 Å². The van der Waals surface area contributed by atoms with Crippen molar-refractivity contribution in [2.45, 2.75) is 46.5 Å². The highest BCUT2D eigenvalue weighted by Crippen LogP contribution is 2.08. The number of ketones is 1. The van der Waals surface area contributed by atoms with E-state index in [4.69, 9.17) is 0 Å². The molecule has 0 saturated carbocycles. The van der Waals surface area contributed by atoms with Crippen molar-refractivity contribution in [3.8, 4) is 0 Å². The molecule has 0 amide bonds. The molecule has 1 saturated heterocycles. The van der Waals surface area contributed by atoms with Gasteiger partial charge < -0.3 is 9.69 Å². The molecule has 78 valence electrons. The van der Waals surface area contributed by atoms with Gasteiger partial charge in [0.15, 0.2) is 0 Å². The van der Waals surface area contributed by atoms with E-state index in [0.29, 0.717) is 5.78 Å². The minimum atomic E-state index is 0.323. The largest absolute Gasteiger partial charge is 0.303 e. The number of hydrogen-bond acceptors (Lipinski definition) is 2. The monoisotopic (exact) mass is 185 g/mol. The van der Waals surface area contributed by atoms with Gasteiger partial charge in [-0.15, -0.1) is 0 Å². The van der Waals surface area contributed by atoms with Gasteiger partial charge >= 0.3 is 0 Å². The van der Waals surface area contributed by atoms with E-state index in [0.717, 1.165) is 19.4 Å². The summed E-state index contributed by atoms with van der Waals surface area (Å²) in [5.41, 5.74) is 0. The van der Waals surface area contributed by atoms with Gasteiger partial charge in [0.1, 0.15) is 5.78 Å². The average molecular weight is 185 g/mol. The van der Waals surface area contributed by atoms with E-state index in [1.165, 1.54) is 25.9 Å². The van der Waals surface area contributed by atoms with Gasteiger partial charge in [-0.05, 0) is 45.8 Å². The molecule has 0 bridgehead atoms. The molecule has 1 heterocycles. The molecule has 0 aromatic rings. The second-order valence-corrected chi connectivity index (χ2v) is 3.35. The van der Waals surface area contributed by atoms with E-state index in [2.05, 4.69) is 4.90 Å². The van der Waals surface area contributed by atoms with Crippen LogP contribution in [0.25, 0.3) is 0 Å². The summed E-state index contributed by atoms with van der Waals surface area (Å²) in [5, 5.41) is 0. The molecule has 0 spiro atoms. The molecule has 2 heteroatoms. The zero-order valence-corrected chi connectivity index (χ0v) is 9.31. The summed E-state index contributed by atoms with van der Waals surface area (Å²) >= 11 is 0. The van der Waals surface area contributed by atoms with Crippen LogP contribution in [0.2, 0.25) is 0 Å². The first-order valence-electron chi connectivity index (χ1n) is 5.51. The third-order valence-corrected chi connectivity index (χ3v) is 2.20. The Labute approximate surface area is 82.3 Å². The summed E-state index contributed by atoms with van der Waals surface area (Å²) in [4.78, 5) is 13.0. The number of likely N-dealkylation sites (tertiary alicyclic amines) is 1. The molecule has 0 radical (unpaired) electrons. The predicted octanol–water partition coefficient (Wildman–Crippen LogP) is 2.48. The second-order valence-electron chi connectivity index (χ2n) is 3.35. The molecule has 0 unspecified atom stereocenters. The van der Waals surface area contributed by atoms with Crippen molar-refractivity contribution >= 4 is 5.78 Å². The molecule has 0 atom stereocenters. The predicted molar refractivity (Wildman–Crippen MR) is 56.9 cm³/mol. The topological polar surface area (TPSA) is 20.3 Å². The second kappa shape index (κ2) is 8.24. The summed E-state index contributed by atoms with van der Waals surface area (Å²) in [7, 11) is 0. The van der Waals surface area contributed by atoms with Gasteiger partial charge in [0.05, 0.1) is 0 Å². The molecule has 2 nitrogen and oxygen atoms in total. The maximum atomic E-state index is 10.6. The van der Waals surface area contributed by atoms with Crippen molar-refractivity contribution in [3.63, 3.8) is 0 Å². The van der Waals surface area contributed by atoms with Crippen molar-refractivity contribution in [2.24, 2.45) is 0 Å². The molecule has 0 aromatic carbocycles. The zero-order chi connectivity index (χ0) is 10.1. The lowest BCUT2D eigenvalue weighted by Crippen LogP contribution is -2.20. The Bertz CT molecular complexity index is 128. The Balaban J connectivity index is 0.000000671. The van der Waals surface area contributed by atoms with E-state index in [-0.39, 0.29) is 0 Å². The smallest absolute Gasteiger partial charge is 0.129 e. The van der Waals surface area contributed by atoms with Crippen molar-refractivity contribution in [1.29, 1.82) is 0 Å². The minimum Gasteiger partial charge on any atom is -0.303 e. The fourth-order valence-corrected chi connectivity index (χ4v) is 1.56. The molecule has 0 aromatic heterocycles. The minimum absolute atomic E-state index is 0.323. The number of nitrogens with zero attached hydrogens (tertiary/aromatic N) is 1. The SMILES string of the molecule is CC.CC(=O)CCCN1CCCC1. The zero-order valence-electron chi connectivity index (χ0n) is 9.31. The van der Waals surface area contributed by atoms with Crippen molar-refractivity contribution in [3.05, 3.63) is 0 Å². The van der Waals surface area contributed by atoms with Crippen LogP contribution in [-0.4, -0.2) is 30.3 Å². The van der Waals surface area contributed by atoms with E-state index in [9.17, 15) is 4.79 Å². The molecule has 0 aliphatic carbocycles. The Morgan fingerprint density at radius 2 is 1.77 bits per heavy atom. The first-order chi connectivity index (χ1) is 6.29. The number of hydrogen-bond donors (Lipinski definition) is 0. The Hall–Kier alpha value is -0.370. The first kappa shape index (κ1) is 12.6. The molecule has 1 fully saturated rings. The summed E-state index contributed by atoms with van der Waals surface area (Å²) in [5.74, 6) is 0.323. The number of Topliss-reactive ketones (excluding diaryl/α,β-unsaturated/α-hetero) is 1. The maximum Gasteiger partial charge on any atom is 0.129 e. The molecular formula is C11H23NO. The molecular weight excluding hydrogens is 162 g/mol. The summed E-state index contributed by atoms with van der Waals surface area (Å²) in [6, 6.07) is 0. The summed E-state index contributed by atoms with van der Waals surface area (Å²) in [6.07, 6.45) is 4.51. The highest BCUT2D eigenvalue weighted by Gasteiger charge is 2.10. The van der Waals surface area contributed by atoms with E-state index in [1.54, 1.807) is 6.92 Å². The highest BCUT2D eigenvalue weighted by molar-refractivity contribution is 5.75. The van der Waals surface area contributed by atoms with Gasteiger partial charge in [-0.1, -0.05) is 13.8 Å². The standard InChI is InChI=1S/C9H17NO.C2H6/c1-9(11)5-4-8-10-6-2-3-7-10;1-2/h2-8H2,1H3;1-2H3. The number of carbonyl (C=O) groups excluding carboxylic acids is 1. The average Bonchev–Trinajstić information content (AvgIpc) is 2.60. The lowest BCUT2D eigenvalue weighted by molar-refractivity contribution is -0.117. The number of carbonyl (C=O) groups is 1. The fraction of sp³-hybridized carbons (Fsp3) is 0.909. The van der Waals surface area contributed by atoms with Crippen LogP contribution in [0.1, 0.15) is 46.5 Å². The third kappa shape index (κ3) is 6.76. The lowest BCUT2D eigenvalue weighted by atomic mass is 10.2. The van der Waals surface area contributed by atoms with Crippen molar-refractivity contribution < 1.29 is 4.79 Å². The van der Waals surface area contributed by atoms with Gasteiger partial charge in [0, 0.05) is 6.42 Å². The molecule has 1 rings (SSSR count). The maximum absolute atomic E-state index is 10.6. The quantitative estimate of drug-likeness (QED) is 0.670. The molecule has 1 aliphatic heterocycles. The number of rotatable bonds is 4. The molecule has 1 aliphatic rings. The molecule has 13 heavy (non-hydrogen) atoms. The van der Waals surface area contributed by atoms with Gasteiger partial charge in [-0.2, -0.15) is 0 Å².